The topological polar surface area (TPSA) is 97.2 Å². The average molecular weight is 510 g/mol. The average Bonchev–Trinajstić information content (AvgIpc) is 3.58. The van der Waals surface area contributed by atoms with Gasteiger partial charge in [-0.3, -0.25) is 19.3 Å². The van der Waals surface area contributed by atoms with Crippen LogP contribution in [0.1, 0.15) is 60.1 Å². The Labute approximate surface area is 221 Å². The van der Waals surface area contributed by atoms with Gasteiger partial charge in [0.15, 0.2) is 5.78 Å². The number of benzene rings is 3. The molecule has 1 N–H and O–H groups in total. The van der Waals surface area contributed by atoms with Crippen LogP contribution < -0.4 is 10.2 Å². The van der Waals surface area contributed by atoms with Gasteiger partial charge in [-0.2, -0.15) is 0 Å². The lowest BCUT2D eigenvalue weighted by molar-refractivity contribution is -0.127. The lowest BCUT2D eigenvalue weighted by atomic mass is 9.97. The van der Waals surface area contributed by atoms with Crippen molar-refractivity contribution < 1.29 is 14.4 Å². The van der Waals surface area contributed by atoms with Crippen molar-refractivity contribution in [3.8, 4) is 0 Å². The van der Waals surface area contributed by atoms with E-state index in [0.29, 0.717) is 16.8 Å². The van der Waals surface area contributed by atoms with Crippen molar-refractivity contribution in [3.05, 3.63) is 89.5 Å². The zero-order valence-electron chi connectivity index (χ0n) is 21.6. The number of Topliss-reactive ketones (excluding diaryl/α,β-unsaturated/α-hetero) is 1. The van der Waals surface area contributed by atoms with Crippen LogP contribution in [0.3, 0.4) is 0 Å². The zero-order valence-corrected chi connectivity index (χ0v) is 21.6. The number of ketones is 1. The first-order valence-corrected chi connectivity index (χ1v) is 13.0. The Kier molecular flexibility index (Phi) is 7.31. The quantitative estimate of drug-likeness (QED) is 0.345. The zero-order chi connectivity index (χ0) is 26.6. The number of nitrogens with one attached hydrogen (secondary N) is 1. The number of hydrogen-bond donors (Lipinski definition) is 1. The molecule has 1 heterocycles. The number of aromatic nitrogens is 3. The molecule has 5 rings (SSSR count). The van der Waals surface area contributed by atoms with E-state index in [1.54, 1.807) is 28.9 Å². The fourth-order valence-corrected chi connectivity index (χ4v) is 5.19. The first-order valence-electron chi connectivity index (χ1n) is 13.0. The Bertz CT molecular complexity index is 1490. The van der Waals surface area contributed by atoms with E-state index in [4.69, 9.17) is 0 Å². The number of para-hydroxylation sites is 1. The van der Waals surface area contributed by atoms with E-state index in [9.17, 15) is 14.4 Å². The van der Waals surface area contributed by atoms with Gasteiger partial charge in [-0.25, -0.2) is 4.68 Å². The van der Waals surface area contributed by atoms with Crippen molar-refractivity contribution in [1.29, 1.82) is 0 Å². The number of aryl methyl sites for hydroxylation is 1. The summed E-state index contributed by atoms with van der Waals surface area (Å²) in [5.41, 5.74) is 3.97. The number of rotatable bonds is 8. The molecule has 1 atom stereocenters. The van der Waals surface area contributed by atoms with E-state index >= 15 is 0 Å². The molecule has 0 radical (unpaired) electrons. The van der Waals surface area contributed by atoms with Gasteiger partial charge in [0.25, 0.3) is 0 Å². The van der Waals surface area contributed by atoms with Crippen molar-refractivity contribution in [2.24, 2.45) is 0 Å². The third kappa shape index (κ3) is 5.20. The number of hydrogen-bond acceptors (Lipinski definition) is 5. The summed E-state index contributed by atoms with van der Waals surface area (Å²) in [7, 11) is 0. The molecule has 3 aromatic carbocycles. The molecule has 0 spiro atoms. The third-order valence-corrected chi connectivity index (χ3v) is 7.20. The molecule has 1 aliphatic rings. The molecule has 0 aliphatic heterocycles. The van der Waals surface area contributed by atoms with E-state index in [1.165, 1.54) is 11.8 Å². The maximum absolute atomic E-state index is 14.2. The summed E-state index contributed by atoms with van der Waals surface area (Å²) in [5.74, 6) is -0.697. The molecule has 8 heteroatoms. The maximum atomic E-state index is 14.2. The molecule has 38 heavy (non-hydrogen) atoms. The third-order valence-electron chi connectivity index (χ3n) is 7.20. The van der Waals surface area contributed by atoms with Crippen LogP contribution in [0.4, 0.5) is 5.69 Å². The van der Waals surface area contributed by atoms with Gasteiger partial charge >= 0.3 is 0 Å². The highest BCUT2D eigenvalue weighted by Crippen LogP contribution is 2.32. The first-order chi connectivity index (χ1) is 18.4. The van der Waals surface area contributed by atoms with E-state index in [1.807, 2.05) is 55.5 Å². The molecule has 1 fully saturated rings. The van der Waals surface area contributed by atoms with Crippen LogP contribution in [0.15, 0.2) is 72.8 Å². The minimum atomic E-state index is -0.929. The molecule has 1 aromatic heterocycles. The fraction of sp³-hybridized carbons (Fsp3) is 0.300. The number of amides is 2. The second kappa shape index (κ2) is 11.0. The Hall–Kier alpha value is -4.33. The van der Waals surface area contributed by atoms with Crippen LogP contribution >= 0.6 is 0 Å². The Balaban J connectivity index is 1.61. The van der Waals surface area contributed by atoms with Crippen LogP contribution in [0.5, 0.6) is 0 Å². The number of carbonyl (C=O) groups is 3. The number of nitrogens with zero attached hydrogens (tertiary/aromatic N) is 4. The lowest BCUT2D eigenvalue weighted by Gasteiger charge is -2.33. The highest BCUT2D eigenvalue weighted by molar-refractivity contribution is 6.03. The van der Waals surface area contributed by atoms with Crippen molar-refractivity contribution in [2.45, 2.75) is 58.2 Å². The van der Waals surface area contributed by atoms with Crippen LogP contribution in [0, 0.1) is 6.92 Å². The van der Waals surface area contributed by atoms with Crippen molar-refractivity contribution in [2.75, 3.05) is 4.90 Å². The van der Waals surface area contributed by atoms with E-state index < -0.39 is 6.04 Å². The molecule has 1 saturated carbocycles. The summed E-state index contributed by atoms with van der Waals surface area (Å²) in [6, 6.07) is 21.1. The summed E-state index contributed by atoms with van der Waals surface area (Å²) >= 11 is 0. The van der Waals surface area contributed by atoms with Gasteiger partial charge in [-0.1, -0.05) is 66.6 Å². The normalized spacial score (nSPS) is 14.4. The number of fused-ring (bicyclic) bond motifs is 1. The standard InChI is InChI=1S/C30H31N5O3/c1-20-10-3-6-15-25(20)29(30(38)31-23-12-4-5-13-23)35(24-14-9-11-22(18-24)21(2)36)28(37)19-34-27-17-8-7-16-26(27)32-33-34/h3,6-11,14-18,23,29H,4-5,12-13,19H2,1-2H3,(H,31,38)/t29-/m0/s1. The van der Waals surface area contributed by atoms with E-state index in [2.05, 4.69) is 15.6 Å². The Morgan fingerprint density at radius 1 is 1.00 bits per heavy atom. The summed E-state index contributed by atoms with van der Waals surface area (Å²) in [6.45, 7) is 3.30. The Morgan fingerprint density at radius 2 is 1.74 bits per heavy atom. The van der Waals surface area contributed by atoms with Crippen LogP contribution in [0.2, 0.25) is 0 Å². The molecular weight excluding hydrogens is 478 g/mol. The maximum Gasteiger partial charge on any atom is 0.249 e. The minimum absolute atomic E-state index is 0.0776. The highest BCUT2D eigenvalue weighted by atomic mass is 16.2. The number of carbonyl (C=O) groups excluding carboxylic acids is 3. The van der Waals surface area contributed by atoms with Gasteiger partial charge in [-0.15, -0.1) is 5.10 Å². The minimum Gasteiger partial charge on any atom is -0.351 e. The lowest BCUT2D eigenvalue weighted by Crippen LogP contribution is -2.47. The second-order valence-electron chi connectivity index (χ2n) is 9.86. The van der Waals surface area contributed by atoms with E-state index in [0.717, 1.165) is 42.3 Å². The van der Waals surface area contributed by atoms with Gasteiger partial charge in [-0.05, 0) is 62.1 Å². The molecular formula is C30H31N5O3. The fourth-order valence-electron chi connectivity index (χ4n) is 5.19. The SMILES string of the molecule is CC(=O)c1cccc(N(C(=O)Cn2nnc3ccccc32)[C@H](C(=O)NC2CCCC2)c2ccccc2C)c1. The molecule has 4 aromatic rings. The van der Waals surface area contributed by atoms with Crippen LogP contribution in [-0.4, -0.2) is 38.6 Å². The highest BCUT2D eigenvalue weighted by Gasteiger charge is 2.35. The summed E-state index contributed by atoms with van der Waals surface area (Å²) in [6.07, 6.45) is 3.99. The molecule has 1 aliphatic carbocycles. The van der Waals surface area contributed by atoms with Gasteiger partial charge in [0.2, 0.25) is 11.8 Å². The van der Waals surface area contributed by atoms with Crippen LogP contribution in [0.25, 0.3) is 11.0 Å². The van der Waals surface area contributed by atoms with Crippen molar-refractivity contribution in [1.82, 2.24) is 20.3 Å². The second-order valence-corrected chi connectivity index (χ2v) is 9.86. The molecule has 0 bridgehead atoms. The van der Waals surface area contributed by atoms with Gasteiger partial charge in [0.1, 0.15) is 18.1 Å². The molecule has 2 amide bonds. The van der Waals surface area contributed by atoms with Crippen molar-refractivity contribution >= 4 is 34.3 Å². The predicted molar refractivity (Wildman–Crippen MR) is 146 cm³/mol. The van der Waals surface area contributed by atoms with Gasteiger partial charge in [0.05, 0.1) is 5.52 Å². The Morgan fingerprint density at radius 3 is 2.50 bits per heavy atom. The largest absolute Gasteiger partial charge is 0.351 e. The molecule has 0 unspecified atom stereocenters. The summed E-state index contributed by atoms with van der Waals surface area (Å²) < 4.78 is 1.54. The number of anilines is 1. The van der Waals surface area contributed by atoms with Gasteiger partial charge < -0.3 is 5.32 Å². The molecule has 0 saturated heterocycles. The monoisotopic (exact) mass is 509 g/mol. The summed E-state index contributed by atoms with van der Waals surface area (Å²) in [5, 5.41) is 11.6. The predicted octanol–water partition coefficient (Wildman–Crippen LogP) is 4.78. The molecule has 8 nitrogen and oxygen atoms in total. The van der Waals surface area contributed by atoms with Gasteiger partial charge in [0, 0.05) is 17.3 Å². The first kappa shape index (κ1) is 25.3. The van der Waals surface area contributed by atoms with Crippen molar-refractivity contribution in [3.63, 3.8) is 0 Å². The summed E-state index contributed by atoms with van der Waals surface area (Å²) in [4.78, 5) is 41.9. The van der Waals surface area contributed by atoms with Crippen LogP contribution in [-0.2, 0) is 16.1 Å². The van der Waals surface area contributed by atoms with E-state index in [-0.39, 0.29) is 30.2 Å². The smallest absolute Gasteiger partial charge is 0.249 e. The molecule has 194 valence electrons.